The lowest BCUT2D eigenvalue weighted by atomic mass is 10.2. The summed E-state index contributed by atoms with van der Waals surface area (Å²) < 4.78 is 0.266. The average Bonchev–Trinajstić information content (AvgIpc) is 2.57. The van der Waals surface area contributed by atoms with Crippen LogP contribution in [0.5, 0.6) is 0 Å². The Morgan fingerprint density at radius 3 is 2.71 bits per heavy atom. The predicted molar refractivity (Wildman–Crippen MR) is 63.0 cm³/mol. The molecule has 0 radical (unpaired) electrons. The maximum atomic E-state index is 11.5. The Morgan fingerprint density at radius 1 is 1.53 bits per heavy atom. The maximum absolute atomic E-state index is 11.5. The number of nitrogens with zero attached hydrogens (tertiary/aromatic N) is 3. The van der Waals surface area contributed by atoms with E-state index < -0.39 is 0 Å². The lowest BCUT2D eigenvalue weighted by Crippen LogP contribution is -2.25. The first-order chi connectivity index (χ1) is 8.02. The number of hydrogen-bond donors (Lipinski definition) is 1. The zero-order chi connectivity index (χ0) is 12.6. The second-order valence-electron chi connectivity index (χ2n) is 3.54. The number of carbonyl (C=O) groups excluding carboxylic acids is 2. The topological polar surface area (TPSA) is 100 Å². The van der Waals surface area contributed by atoms with Crippen LogP contribution in [0.3, 0.4) is 0 Å². The van der Waals surface area contributed by atoms with Gasteiger partial charge >= 0.3 is 0 Å². The van der Waals surface area contributed by atoms with Gasteiger partial charge in [-0.15, -0.1) is 0 Å². The molecule has 0 atom stereocenters. The Balaban J connectivity index is 2.45. The summed E-state index contributed by atoms with van der Waals surface area (Å²) in [7, 11) is 0. The molecule has 17 heavy (non-hydrogen) atoms. The van der Waals surface area contributed by atoms with Crippen LogP contribution in [0.15, 0.2) is 10.7 Å². The van der Waals surface area contributed by atoms with Crippen LogP contribution >= 0.6 is 15.9 Å². The molecule has 1 saturated heterocycles. The van der Waals surface area contributed by atoms with E-state index in [1.54, 1.807) is 0 Å². The smallest absolute Gasteiger partial charge is 0.236 e. The van der Waals surface area contributed by atoms with Gasteiger partial charge < -0.3 is 5.73 Å². The van der Waals surface area contributed by atoms with Crippen LogP contribution in [-0.4, -0.2) is 23.2 Å². The summed E-state index contributed by atoms with van der Waals surface area (Å²) in [4.78, 5) is 27.9. The van der Waals surface area contributed by atoms with Gasteiger partial charge in [0.2, 0.25) is 5.91 Å². The second kappa shape index (κ2) is 4.14. The van der Waals surface area contributed by atoms with E-state index in [-0.39, 0.29) is 46.3 Å². The highest BCUT2D eigenvalue weighted by atomic mass is 79.9. The molecule has 1 aliphatic heterocycles. The van der Waals surface area contributed by atoms with E-state index >= 15 is 0 Å². The molecule has 1 aromatic heterocycles. The molecule has 2 rings (SSSR count). The average molecular weight is 295 g/mol. The molecule has 7 heteroatoms. The maximum Gasteiger partial charge on any atom is 0.236 e. The van der Waals surface area contributed by atoms with Gasteiger partial charge in [-0.2, -0.15) is 5.26 Å². The Morgan fingerprint density at radius 2 is 2.24 bits per heavy atom. The fourth-order valence-corrected chi connectivity index (χ4v) is 2.06. The number of ketones is 1. The number of anilines is 2. The van der Waals surface area contributed by atoms with Crippen molar-refractivity contribution in [2.45, 2.75) is 6.42 Å². The lowest BCUT2D eigenvalue weighted by molar-refractivity contribution is -0.121. The van der Waals surface area contributed by atoms with Crippen molar-refractivity contribution in [1.29, 1.82) is 5.26 Å². The van der Waals surface area contributed by atoms with Crippen LogP contribution in [0.1, 0.15) is 12.0 Å². The van der Waals surface area contributed by atoms with Crippen molar-refractivity contribution in [3.8, 4) is 6.07 Å². The number of nitrogen functional groups attached to an aromatic ring is 1. The van der Waals surface area contributed by atoms with E-state index in [0.717, 1.165) is 0 Å². The lowest BCUT2D eigenvalue weighted by Gasteiger charge is -2.14. The first-order valence-electron chi connectivity index (χ1n) is 4.71. The van der Waals surface area contributed by atoms with Gasteiger partial charge in [-0.3, -0.25) is 14.5 Å². The van der Waals surface area contributed by atoms with Gasteiger partial charge in [0.1, 0.15) is 22.1 Å². The van der Waals surface area contributed by atoms with E-state index in [2.05, 4.69) is 20.9 Å². The first-order valence-corrected chi connectivity index (χ1v) is 5.50. The van der Waals surface area contributed by atoms with Crippen molar-refractivity contribution >= 4 is 39.1 Å². The number of halogens is 1. The molecule has 1 aromatic rings. The number of hydrogen-bond acceptors (Lipinski definition) is 5. The minimum atomic E-state index is -0.307. The van der Waals surface area contributed by atoms with Crippen LogP contribution in [0, 0.1) is 11.3 Å². The van der Waals surface area contributed by atoms with E-state index in [0.29, 0.717) is 0 Å². The molecule has 1 fully saturated rings. The van der Waals surface area contributed by atoms with Crippen molar-refractivity contribution in [2.75, 3.05) is 17.2 Å². The van der Waals surface area contributed by atoms with E-state index in [4.69, 9.17) is 11.0 Å². The summed E-state index contributed by atoms with van der Waals surface area (Å²) >= 11 is 3.10. The molecule has 1 amide bonds. The van der Waals surface area contributed by atoms with Gasteiger partial charge in [0.25, 0.3) is 0 Å². The highest BCUT2D eigenvalue weighted by Crippen LogP contribution is 2.27. The molecule has 0 aromatic carbocycles. The number of nitrogens with two attached hydrogens (primary N) is 1. The fourth-order valence-electron chi connectivity index (χ4n) is 1.56. The Kier molecular flexibility index (Phi) is 2.81. The van der Waals surface area contributed by atoms with E-state index in [1.165, 1.54) is 11.0 Å². The molecule has 0 bridgehead atoms. The summed E-state index contributed by atoms with van der Waals surface area (Å²) in [6.07, 6.45) is -0.112. The number of nitriles is 1. The summed E-state index contributed by atoms with van der Waals surface area (Å²) in [5.74, 6) is -0.182. The minimum absolute atomic E-state index is 0.00358. The van der Waals surface area contributed by atoms with Crippen LogP contribution in [0.25, 0.3) is 0 Å². The second-order valence-corrected chi connectivity index (χ2v) is 4.29. The zero-order valence-electron chi connectivity index (χ0n) is 8.61. The molecule has 86 valence electrons. The third-order valence-corrected chi connectivity index (χ3v) is 2.94. The van der Waals surface area contributed by atoms with Crippen molar-refractivity contribution in [2.24, 2.45) is 0 Å². The van der Waals surface area contributed by atoms with Crippen molar-refractivity contribution in [3.05, 3.63) is 16.2 Å². The molecule has 0 aliphatic carbocycles. The SMILES string of the molecule is N#Cc1c(N)cc(N2CC(=O)CC2=O)nc1Br. The fraction of sp³-hybridized carbons (Fsp3) is 0.200. The molecule has 0 spiro atoms. The van der Waals surface area contributed by atoms with E-state index in [1.807, 2.05) is 6.07 Å². The molecule has 2 heterocycles. The molecule has 0 saturated carbocycles. The monoisotopic (exact) mass is 294 g/mol. The van der Waals surface area contributed by atoms with Gasteiger partial charge in [0, 0.05) is 6.07 Å². The number of aromatic nitrogens is 1. The molecule has 2 N–H and O–H groups in total. The van der Waals surface area contributed by atoms with Gasteiger partial charge in [0.15, 0.2) is 5.78 Å². The third-order valence-electron chi connectivity index (χ3n) is 2.36. The summed E-state index contributed by atoms with van der Waals surface area (Å²) in [5.41, 5.74) is 6.10. The summed E-state index contributed by atoms with van der Waals surface area (Å²) in [6, 6.07) is 3.31. The standard InChI is InChI=1S/C10H7BrN4O2/c11-10-6(3-12)7(13)2-8(14-10)15-4-5(16)1-9(15)17/h2H,1,4H2,(H2,13,14). The first kappa shape index (κ1) is 11.5. The predicted octanol–water partition coefficient (Wildman–Crippen LogP) is 0.604. The summed E-state index contributed by atoms with van der Waals surface area (Å²) in [5, 5.41) is 8.81. The van der Waals surface area contributed by atoms with Crippen LogP contribution in [-0.2, 0) is 9.59 Å². The van der Waals surface area contributed by atoms with Crippen LogP contribution in [0.4, 0.5) is 11.5 Å². The Bertz CT molecular complexity index is 541. The molecule has 1 aliphatic rings. The highest BCUT2D eigenvalue weighted by molar-refractivity contribution is 9.10. The van der Waals surface area contributed by atoms with Crippen molar-refractivity contribution in [3.63, 3.8) is 0 Å². The normalized spacial score (nSPS) is 15.2. The number of pyridine rings is 1. The van der Waals surface area contributed by atoms with Crippen LogP contribution in [0.2, 0.25) is 0 Å². The molecular weight excluding hydrogens is 288 g/mol. The number of carbonyl (C=O) groups is 2. The Labute approximate surface area is 105 Å². The van der Waals surface area contributed by atoms with Gasteiger partial charge in [-0.1, -0.05) is 0 Å². The Hall–Kier alpha value is -1.94. The molecule has 0 unspecified atom stereocenters. The van der Waals surface area contributed by atoms with Gasteiger partial charge in [-0.25, -0.2) is 4.98 Å². The zero-order valence-corrected chi connectivity index (χ0v) is 10.2. The number of amides is 1. The largest absolute Gasteiger partial charge is 0.397 e. The quantitative estimate of drug-likeness (QED) is 0.604. The number of Topliss-reactive ketones (excluding diaryl/α,β-unsaturated/α-hetero) is 1. The summed E-state index contributed by atoms with van der Waals surface area (Å²) in [6.45, 7) is 0.00358. The van der Waals surface area contributed by atoms with Crippen molar-refractivity contribution < 1.29 is 9.59 Å². The molecule has 6 nitrogen and oxygen atoms in total. The molecular formula is C10H7BrN4O2. The highest BCUT2D eigenvalue weighted by Gasteiger charge is 2.30. The number of rotatable bonds is 1. The third kappa shape index (κ3) is 1.99. The van der Waals surface area contributed by atoms with E-state index in [9.17, 15) is 9.59 Å². The van der Waals surface area contributed by atoms with Crippen LogP contribution < -0.4 is 10.6 Å². The minimum Gasteiger partial charge on any atom is -0.397 e. The van der Waals surface area contributed by atoms with Gasteiger partial charge in [0.05, 0.1) is 18.7 Å². The van der Waals surface area contributed by atoms with Crippen molar-refractivity contribution in [1.82, 2.24) is 4.98 Å². The van der Waals surface area contributed by atoms with Gasteiger partial charge in [-0.05, 0) is 15.9 Å².